The Hall–Kier alpha value is -3.03. The lowest BCUT2D eigenvalue weighted by atomic mass is 10.1. The van der Waals surface area contributed by atoms with Crippen molar-refractivity contribution >= 4 is 23.9 Å². The molecule has 154 valence electrons. The molecule has 0 heterocycles. The first-order chi connectivity index (χ1) is 13.1. The van der Waals surface area contributed by atoms with Crippen molar-refractivity contribution in [2.24, 2.45) is 0 Å². The minimum absolute atomic E-state index is 0.119. The van der Waals surface area contributed by atoms with Crippen LogP contribution in [-0.2, 0) is 19.1 Å². The maximum Gasteiger partial charge on any atom is 0.331 e. The molecule has 1 aromatic rings. The first kappa shape index (κ1) is 23.0. The zero-order valence-electron chi connectivity index (χ0n) is 17.2. The van der Waals surface area contributed by atoms with Gasteiger partial charge in [0.25, 0.3) is 5.91 Å². The van der Waals surface area contributed by atoms with E-state index in [-0.39, 0.29) is 18.0 Å². The molecule has 0 aliphatic rings. The van der Waals surface area contributed by atoms with E-state index in [2.05, 4.69) is 5.32 Å². The number of amides is 2. The number of rotatable bonds is 8. The van der Waals surface area contributed by atoms with Crippen molar-refractivity contribution in [2.75, 3.05) is 34.4 Å². The number of ether oxygens (including phenoxy) is 3. The Morgan fingerprint density at radius 3 is 2.39 bits per heavy atom. The van der Waals surface area contributed by atoms with Crippen LogP contribution in [0.25, 0.3) is 6.08 Å². The zero-order chi connectivity index (χ0) is 21.3. The van der Waals surface area contributed by atoms with Gasteiger partial charge in [0, 0.05) is 30.3 Å². The van der Waals surface area contributed by atoms with Gasteiger partial charge in [-0.25, -0.2) is 4.79 Å². The summed E-state index contributed by atoms with van der Waals surface area (Å²) in [6.45, 7) is 4.96. The zero-order valence-corrected chi connectivity index (χ0v) is 17.2. The number of hydrogen-bond acceptors (Lipinski definition) is 6. The summed E-state index contributed by atoms with van der Waals surface area (Å²) in [7, 11) is 4.52. The van der Waals surface area contributed by atoms with Crippen LogP contribution in [0, 0.1) is 0 Å². The first-order valence-corrected chi connectivity index (χ1v) is 8.67. The van der Waals surface area contributed by atoms with Gasteiger partial charge in [0.1, 0.15) is 11.5 Å². The molecule has 8 nitrogen and oxygen atoms in total. The minimum Gasteiger partial charge on any atom is -0.497 e. The molecule has 0 fully saturated rings. The molecule has 28 heavy (non-hydrogen) atoms. The summed E-state index contributed by atoms with van der Waals surface area (Å²) in [6, 6.07) is 5.15. The summed E-state index contributed by atoms with van der Waals surface area (Å²) in [5.74, 6) is -0.294. The van der Waals surface area contributed by atoms with Crippen LogP contribution >= 0.6 is 0 Å². The fraction of sp³-hybridized carbons (Fsp3) is 0.450. The van der Waals surface area contributed by atoms with E-state index in [1.165, 1.54) is 31.2 Å². The minimum atomic E-state index is -0.682. The molecule has 0 aromatic heterocycles. The van der Waals surface area contributed by atoms with E-state index in [9.17, 15) is 14.4 Å². The van der Waals surface area contributed by atoms with Gasteiger partial charge in [0.2, 0.25) is 5.91 Å². The van der Waals surface area contributed by atoms with Crippen LogP contribution in [0.2, 0.25) is 0 Å². The molecule has 0 radical (unpaired) electrons. The standard InChI is InChI=1S/C20H28N2O6/c1-20(2,3)21-17(23)12-22(4)18(24)13-28-19(25)10-8-14-7-9-15(26-5)11-16(14)27-6/h7-11H,12-13H2,1-6H3,(H,21,23)/b10-8+. The number of benzene rings is 1. The molecule has 8 heteroatoms. The second kappa shape index (κ2) is 10.3. The predicted molar refractivity (Wildman–Crippen MR) is 105 cm³/mol. The van der Waals surface area contributed by atoms with Crippen molar-refractivity contribution in [1.82, 2.24) is 10.2 Å². The van der Waals surface area contributed by atoms with Gasteiger partial charge in [0.05, 0.1) is 20.8 Å². The van der Waals surface area contributed by atoms with Gasteiger partial charge in [-0.15, -0.1) is 0 Å². The first-order valence-electron chi connectivity index (χ1n) is 8.67. The maximum absolute atomic E-state index is 12.0. The lowest BCUT2D eigenvalue weighted by Gasteiger charge is -2.23. The number of hydrogen-bond donors (Lipinski definition) is 1. The van der Waals surface area contributed by atoms with Crippen LogP contribution in [0.1, 0.15) is 26.3 Å². The third kappa shape index (κ3) is 8.11. The molecule has 0 saturated heterocycles. The number of methoxy groups -OCH3 is 2. The Balaban J connectivity index is 2.54. The highest BCUT2D eigenvalue weighted by atomic mass is 16.5. The van der Waals surface area contributed by atoms with Gasteiger partial charge in [-0.1, -0.05) is 0 Å². The van der Waals surface area contributed by atoms with Gasteiger partial charge in [-0.2, -0.15) is 0 Å². The highest BCUT2D eigenvalue weighted by Crippen LogP contribution is 2.25. The van der Waals surface area contributed by atoms with Crippen molar-refractivity contribution in [2.45, 2.75) is 26.3 Å². The molecule has 1 aromatic carbocycles. The number of nitrogens with zero attached hydrogens (tertiary/aromatic N) is 1. The summed E-state index contributed by atoms with van der Waals surface area (Å²) >= 11 is 0. The number of esters is 1. The highest BCUT2D eigenvalue weighted by Gasteiger charge is 2.18. The van der Waals surface area contributed by atoms with Crippen LogP contribution < -0.4 is 14.8 Å². The molecule has 0 atom stereocenters. The Kier molecular flexibility index (Phi) is 8.50. The van der Waals surface area contributed by atoms with Gasteiger partial charge in [-0.3, -0.25) is 9.59 Å². The van der Waals surface area contributed by atoms with Crippen LogP contribution in [0.3, 0.4) is 0 Å². The summed E-state index contributed by atoms with van der Waals surface area (Å²) in [4.78, 5) is 36.9. The second-order valence-corrected chi connectivity index (χ2v) is 7.10. The lowest BCUT2D eigenvalue weighted by molar-refractivity contribution is -0.148. The maximum atomic E-state index is 12.0. The molecule has 0 spiro atoms. The monoisotopic (exact) mass is 392 g/mol. The average Bonchev–Trinajstić information content (AvgIpc) is 2.62. The van der Waals surface area contributed by atoms with E-state index in [4.69, 9.17) is 14.2 Å². The third-order valence-corrected chi connectivity index (χ3v) is 3.50. The van der Waals surface area contributed by atoms with Gasteiger partial charge < -0.3 is 24.4 Å². The van der Waals surface area contributed by atoms with Crippen molar-refractivity contribution in [3.8, 4) is 11.5 Å². The Morgan fingerprint density at radius 1 is 1.14 bits per heavy atom. The van der Waals surface area contributed by atoms with Crippen LogP contribution in [-0.4, -0.2) is 62.6 Å². The van der Waals surface area contributed by atoms with Crippen molar-refractivity contribution in [3.63, 3.8) is 0 Å². The number of carbonyl (C=O) groups excluding carboxylic acids is 3. The van der Waals surface area contributed by atoms with Crippen LogP contribution in [0.15, 0.2) is 24.3 Å². The van der Waals surface area contributed by atoms with Crippen molar-refractivity contribution < 1.29 is 28.6 Å². The molecule has 2 amide bonds. The van der Waals surface area contributed by atoms with E-state index in [0.29, 0.717) is 17.1 Å². The molecular weight excluding hydrogens is 364 g/mol. The molecule has 0 unspecified atom stereocenters. The Bertz CT molecular complexity index is 737. The third-order valence-electron chi connectivity index (χ3n) is 3.50. The molecule has 0 aliphatic heterocycles. The molecule has 0 saturated carbocycles. The SMILES string of the molecule is COc1ccc(/C=C/C(=O)OCC(=O)N(C)CC(=O)NC(C)(C)C)c(OC)c1. The number of carbonyl (C=O) groups is 3. The fourth-order valence-corrected chi connectivity index (χ4v) is 2.17. The number of likely N-dealkylation sites (N-methyl/N-ethyl adjacent to an activating group) is 1. The van der Waals surface area contributed by atoms with Crippen LogP contribution in [0.4, 0.5) is 0 Å². The van der Waals surface area contributed by atoms with E-state index >= 15 is 0 Å². The molecule has 0 aliphatic carbocycles. The smallest absolute Gasteiger partial charge is 0.331 e. The topological polar surface area (TPSA) is 94.2 Å². The Labute approximate surface area is 165 Å². The van der Waals surface area contributed by atoms with Gasteiger partial charge in [-0.05, 0) is 39.0 Å². The van der Waals surface area contributed by atoms with Crippen molar-refractivity contribution in [3.05, 3.63) is 29.8 Å². The molecule has 1 rings (SSSR count). The van der Waals surface area contributed by atoms with Gasteiger partial charge >= 0.3 is 5.97 Å². The normalized spacial score (nSPS) is 11.1. The fourth-order valence-electron chi connectivity index (χ4n) is 2.17. The summed E-state index contributed by atoms with van der Waals surface area (Å²) in [6.07, 6.45) is 2.72. The average molecular weight is 392 g/mol. The summed E-state index contributed by atoms with van der Waals surface area (Å²) in [5.41, 5.74) is 0.267. The largest absolute Gasteiger partial charge is 0.497 e. The van der Waals surface area contributed by atoms with E-state index in [1.54, 1.807) is 25.3 Å². The summed E-state index contributed by atoms with van der Waals surface area (Å²) < 4.78 is 15.3. The van der Waals surface area contributed by atoms with Crippen molar-refractivity contribution in [1.29, 1.82) is 0 Å². The van der Waals surface area contributed by atoms with E-state index < -0.39 is 18.5 Å². The molecule has 1 N–H and O–H groups in total. The quantitative estimate of drug-likeness (QED) is 0.534. The van der Waals surface area contributed by atoms with Crippen LogP contribution in [0.5, 0.6) is 11.5 Å². The van der Waals surface area contributed by atoms with E-state index in [0.717, 1.165) is 0 Å². The highest BCUT2D eigenvalue weighted by molar-refractivity contribution is 5.90. The van der Waals surface area contributed by atoms with Gasteiger partial charge in [0.15, 0.2) is 6.61 Å². The summed E-state index contributed by atoms with van der Waals surface area (Å²) in [5, 5.41) is 2.75. The predicted octanol–water partition coefficient (Wildman–Crippen LogP) is 1.63. The molecular formula is C20H28N2O6. The molecule has 0 bridgehead atoms. The lowest BCUT2D eigenvalue weighted by Crippen LogP contribution is -2.46. The Morgan fingerprint density at radius 2 is 1.82 bits per heavy atom. The second-order valence-electron chi connectivity index (χ2n) is 7.10. The number of nitrogens with one attached hydrogen (secondary N) is 1. The van der Waals surface area contributed by atoms with E-state index in [1.807, 2.05) is 20.8 Å².